The molecule has 0 aromatic carbocycles. The average molecular weight is 456 g/mol. The molecule has 2 fully saturated rings. The van der Waals surface area contributed by atoms with Crippen LogP contribution in [0.2, 0.25) is 0 Å². The minimum atomic E-state index is -4.45. The zero-order valence-electron chi connectivity index (χ0n) is 18.6. The number of carbonyl (C=O) groups excluding carboxylic acids is 1. The lowest BCUT2D eigenvalue weighted by Crippen LogP contribution is -2.51. The molecular formula is C23H32F3N3O3. The van der Waals surface area contributed by atoms with Crippen LogP contribution in [0.1, 0.15) is 56.4 Å². The number of amides is 1. The highest BCUT2D eigenvalue weighted by molar-refractivity contribution is 5.83. The van der Waals surface area contributed by atoms with Crippen LogP contribution in [0.4, 0.5) is 13.2 Å². The largest absolute Gasteiger partial charge is 0.417 e. The van der Waals surface area contributed by atoms with Gasteiger partial charge in [-0.3, -0.25) is 9.78 Å². The number of aliphatic hydroxyl groups is 1. The zero-order chi connectivity index (χ0) is 23.1. The molecule has 3 heterocycles. The number of halogens is 3. The Bertz CT molecular complexity index is 848. The first-order chi connectivity index (χ1) is 15.1. The van der Waals surface area contributed by atoms with E-state index < -0.39 is 23.3 Å². The van der Waals surface area contributed by atoms with Gasteiger partial charge in [0.15, 0.2) is 0 Å². The van der Waals surface area contributed by atoms with Crippen LogP contribution in [0.25, 0.3) is 0 Å². The number of aliphatic hydroxyl groups excluding tert-OH is 1. The summed E-state index contributed by atoms with van der Waals surface area (Å²) >= 11 is 0. The van der Waals surface area contributed by atoms with E-state index in [1.165, 1.54) is 0 Å². The molecule has 9 heteroatoms. The average Bonchev–Trinajstić information content (AvgIpc) is 3.19. The highest BCUT2D eigenvalue weighted by Crippen LogP contribution is 2.46. The van der Waals surface area contributed by atoms with E-state index in [0.717, 1.165) is 31.5 Å². The number of carbonyl (C=O) groups is 1. The molecule has 4 atom stereocenters. The second-order valence-corrected chi connectivity index (χ2v) is 9.76. The Morgan fingerprint density at radius 2 is 2.16 bits per heavy atom. The Balaban J connectivity index is 1.48. The number of aromatic nitrogens is 1. The molecular weight excluding hydrogens is 423 g/mol. The molecule has 0 spiro atoms. The fourth-order valence-corrected chi connectivity index (χ4v) is 5.47. The van der Waals surface area contributed by atoms with Crippen molar-refractivity contribution in [3.05, 3.63) is 29.1 Å². The number of hydrogen-bond donors (Lipinski definition) is 2. The van der Waals surface area contributed by atoms with Crippen molar-refractivity contribution in [3.63, 3.8) is 0 Å². The molecule has 3 aliphatic rings. The fraction of sp³-hybridized carbons (Fsp3) is 0.739. The number of ether oxygens (including phenoxy) is 1. The van der Waals surface area contributed by atoms with Gasteiger partial charge in [-0.1, -0.05) is 13.8 Å². The third-order valence-electron chi connectivity index (χ3n) is 7.51. The number of hydrogen-bond acceptors (Lipinski definition) is 5. The summed E-state index contributed by atoms with van der Waals surface area (Å²) in [6.07, 6.45) is -0.708. The van der Waals surface area contributed by atoms with Crippen LogP contribution in [0.5, 0.6) is 0 Å². The Morgan fingerprint density at radius 3 is 2.84 bits per heavy atom. The Hall–Kier alpha value is -1.71. The third kappa shape index (κ3) is 4.52. The molecule has 6 nitrogen and oxygen atoms in total. The molecule has 32 heavy (non-hydrogen) atoms. The van der Waals surface area contributed by atoms with E-state index in [-0.39, 0.29) is 30.5 Å². The highest BCUT2D eigenvalue weighted by Gasteiger charge is 2.50. The van der Waals surface area contributed by atoms with E-state index in [2.05, 4.69) is 10.3 Å². The van der Waals surface area contributed by atoms with Crippen molar-refractivity contribution >= 4 is 5.91 Å². The molecule has 1 aromatic rings. The van der Waals surface area contributed by atoms with Crippen molar-refractivity contribution in [3.8, 4) is 0 Å². The van der Waals surface area contributed by atoms with E-state index in [1.807, 2.05) is 13.8 Å². The minimum Gasteiger partial charge on any atom is -0.389 e. The molecule has 1 saturated heterocycles. The summed E-state index contributed by atoms with van der Waals surface area (Å²) < 4.78 is 44.7. The van der Waals surface area contributed by atoms with Gasteiger partial charge in [0.05, 0.1) is 23.7 Å². The first-order valence-electron chi connectivity index (χ1n) is 11.5. The molecule has 1 amide bonds. The van der Waals surface area contributed by atoms with Gasteiger partial charge in [0.2, 0.25) is 5.91 Å². The predicted octanol–water partition coefficient (Wildman–Crippen LogP) is 2.92. The van der Waals surface area contributed by atoms with Crippen LogP contribution in [0.15, 0.2) is 12.3 Å². The van der Waals surface area contributed by atoms with Gasteiger partial charge in [-0.2, -0.15) is 13.2 Å². The summed E-state index contributed by atoms with van der Waals surface area (Å²) in [5.74, 6) is 0.120. The Labute approximate surface area is 186 Å². The second kappa shape index (κ2) is 8.91. The minimum absolute atomic E-state index is 0.0207. The van der Waals surface area contributed by atoms with Crippen molar-refractivity contribution in [2.24, 2.45) is 11.3 Å². The molecule has 4 rings (SSSR count). The summed E-state index contributed by atoms with van der Waals surface area (Å²) in [6.45, 7) is 5.65. The number of fused-ring (bicyclic) bond motifs is 1. The van der Waals surface area contributed by atoms with Crippen LogP contribution in [-0.2, 0) is 28.7 Å². The molecule has 1 aromatic heterocycles. The van der Waals surface area contributed by atoms with Crippen LogP contribution < -0.4 is 5.32 Å². The molecule has 1 saturated carbocycles. The summed E-state index contributed by atoms with van der Waals surface area (Å²) in [5.41, 5.74) is -0.207. The number of rotatable bonds is 4. The van der Waals surface area contributed by atoms with E-state index in [1.54, 1.807) is 4.90 Å². The van der Waals surface area contributed by atoms with Crippen molar-refractivity contribution < 1.29 is 27.8 Å². The molecule has 0 radical (unpaired) electrons. The van der Waals surface area contributed by atoms with Gasteiger partial charge >= 0.3 is 6.18 Å². The van der Waals surface area contributed by atoms with Crippen molar-refractivity contribution in [2.75, 3.05) is 19.8 Å². The van der Waals surface area contributed by atoms with Crippen molar-refractivity contribution in [2.45, 2.75) is 76.9 Å². The summed E-state index contributed by atoms with van der Waals surface area (Å²) in [6, 6.07) is 1.21. The molecule has 0 bridgehead atoms. The van der Waals surface area contributed by atoms with Crippen LogP contribution in [-0.4, -0.2) is 58.8 Å². The van der Waals surface area contributed by atoms with E-state index >= 15 is 0 Å². The maximum absolute atomic E-state index is 13.7. The SMILES string of the molecule is CC(C)[C@]1(C(=O)N2CCc3ncc(C(F)(F)F)cc3C2)CC[C@@H](N[C@@H]2CCOC[C@H]2O)C1. The lowest BCUT2D eigenvalue weighted by molar-refractivity contribution is -0.146. The summed E-state index contributed by atoms with van der Waals surface area (Å²) in [4.78, 5) is 19.5. The van der Waals surface area contributed by atoms with Gasteiger partial charge < -0.3 is 20.1 Å². The maximum Gasteiger partial charge on any atom is 0.417 e. The van der Waals surface area contributed by atoms with E-state index in [4.69, 9.17) is 4.74 Å². The highest BCUT2D eigenvalue weighted by atomic mass is 19.4. The van der Waals surface area contributed by atoms with Gasteiger partial charge in [0.1, 0.15) is 0 Å². The van der Waals surface area contributed by atoms with Gasteiger partial charge in [-0.05, 0) is 43.2 Å². The third-order valence-corrected chi connectivity index (χ3v) is 7.51. The van der Waals surface area contributed by atoms with Gasteiger partial charge in [-0.15, -0.1) is 0 Å². The van der Waals surface area contributed by atoms with Gasteiger partial charge in [-0.25, -0.2) is 0 Å². The number of pyridine rings is 1. The molecule has 178 valence electrons. The van der Waals surface area contributed by atoms with Crippen LogP contribution in [0, 0.1) is 11.3 Å². The summed E-state index contributed by atoms with van der Waals surface area (Å²) in [7, 11) is 0. The lowest BCUT2D eigenvalue weighted by atomic mass is 9.74. The summed E-state index contributed by atoms with van der Waals surface area (Å²) in [5, 5.41) is 13.7. The predicted molar refractivity (Wildman–Crippen MR) is 112 cm³/mol. The molecule has 2 aliphatic heterocycles. The monoisotopic (exact) mass is 455 g/mol. The fourth-order valence-electron chi connectivity index (χ4n) is 5.47. The van der Waals surface area contributed by atoms with Gasteiger partial charge in [0.25, 0.3) is 0 Å². The van der Waals surface area contributed by atoms with Gasteiger partial charge in [0, 0.05) is 50.1 Å². The first kappa shape index (κ1) is 23.4. The molecule has 1 aliphatic carbocycles. The van der Waals surface area contributed by atoms with Crippen LogP contribution in [0.3, 0.4) is 0 Å². The lowest BCUT2D eigenvalue weighted by Gasteiger charge is -2.40. The zero-order valence-corrected chi connectivity index (χ0v) is 18.6. The standard InChI is InChI=1S/C23H32F3N3O3/c1-14(2)22(6-3-17(10-22)28-19-5-8-32-13-20(19)30)21(31)29-7-4-18-15(12-29)9-16(11-27-18)23(24,25)26/h9,11,14,17,19-20,28,30H,3-8,10,12-13H2,1-2H3/t17-,19-,20-,22+/m1/s1. The smallest absolute Gasteiger partial charge is 0.389 e. The van der Waals surface area contributed by atoms with Crippen molar-refractivity contribution in [1.82, 2.24) is 15.2 Å². The maximum atomic E-state index is 13.7. The topological polar surface area (TPSA) is 74.7 Å². The van der Waals surface area contributed by atoms with E-state index in [0.29, 0.717) is 43.9 Å². The second-order valence-electron chi connectivity index (χ2n) is 9.76. The number of nitrogens with zero attached hydrogens (tertiary/aromatic N) is 2. The first-order valence-corrected chi connectivity index (χ1v) is 11.5. The molecule has 0 unspecified atom stereocenters. The van der Waals surface area contributed by atoms with E-state index in [9.17, 15) is 23.1 Å². The number of nitrogens with one attached hydrogen (secondary N) is 1. The molecule has 2 N–H and O–H groups in total. The van der Waals surface area contributed by atoms with Crippen molar-refractivity contribution in [1.29, 1.82) is 0 Å². The Kier molecular flexibility index (Phi) is 6.53. The quantitative estimate of drug-likeness (QED) is 0.730. The Morgan fingerprint density at radius 1 is 1.38 bits per heavy atom. The van der Waals surface area contributed by atoms with Crippen LogP contribution >= 0.6 is 0 Å². The normalized spacial score (nSPS) is 31.1. The number of alkyl halides is 3.